The maximum absolute atomic E-state index is 12.5. The first-order valence-corrected chi connectivity index (χ1v) is 11.7. The highest BCUT2D eigenvalue weighted by Gasteiger charge is 2.18. The standard InChI is InChI=1S/C23H22N4O2S2/c1-14-7-9-16(10-8-14)25-21(28)13-30-15(2)22(29)27-23-26-20(12-31-23)18-11-24-19-6-4-3-5-17(18)19/h3-12,15,24H,13H2,1-2H3,(H,25,28)(H,26,27,29). The summed E-state index contributed by atoms with van der Waals surface area (Å²) in [6, 6.07) is 15.6. The molecule has 0 aliphatic carbocycles. The van der Waals surface area contributed by atoms with Crippen LogP contribution in [0.1, 0.15) is 12.5 Å². The smallest absolute Gasteiger partial charge is 0.239 e. The van der Waals surface area contributed by atoms with Crippen molar-refractivity contribution in [3.8, 4) is 11.3 Å². The molecule has 2 aromatic heterocycles. The molecule has 2 aromatic carbocycles. The zero-order chi connectivity index (χ0) is 21.8. The number of aromatic amines is 1. The summed E-state index contributed by atoms with van der Waals surface area (Å²) in [5, 5.41) is 8.88. The molecule has 3 N–H and O–H groups in total. The molecule has 31 heavy (non-hydrogen) atoms. The number of hydrogen-bond acceptors (Lipinski definition) is 5. The molecule has 2 heterocycles. The lowest BCUT2D eigenvalue weighted by atomic mass is 10.1. The number of fused-ring (bicyclic) bond motifs is 1. The Hall–Kier alpha value is -3.10. The Morgan fingerprint density at radius 1 is 1.13 bits per heavy atom. The molecule has 6 nitrogen and oxygen atoms in total. The predicted octanol–water partition coefficient (Wildman–Crippen LogP) is 5.30. The minimum Gasteiger partial charge on any atom is -0.360 e. The summed E-state index contributed by atoms with van der Waals surface area (Å²) >= 11 is 2.67. The molecule has 0 fully saturated rings. The van der Waals surface area contributed by atoms with Gasteiger partial charge in [-0.25, -0.2) is 4.98 Å². The van der Waals surface area contributed by atoms with Crippen LogP contribution in [0, 0.1) is 6.92 Å². The lowest BCUT2D eigenvalue weighted by Crippen LogP contribution is -2.25. The molecule has 158 valence electrons. The van der Waals surface area contributed by atoms with Crippen LogP contribution >= 0.6 is 23.1 Å². The third-order valence-corrected chi connectivity index (χ3v) is 6.67. The van der Waals surface area contributed by atoms with E-state index in [2.05, 4.69) is 20.6 Å². The second kappa shape index (κ2) is 9.36. The van der Waals surface area contributed by atoms with Gasteiger partial charge in [0.15, 0.2) is 5.13 Å². The largest absolute Gasteiger partial charge is 0.360 e. The number of carbonyl (C=O) groups is 2. The summed E-state index contributed by atoms with van der Waals surface area (Å²) in [4.78, 5) is 32.5. The van der Waals surface area contributed by atoms with Crippen LogP contribution in [0.4, 0.5) is 10.8 Å². The fraction of sp³-hybridized carbons (Fsp3) is 0.174. The number of para-hydroxylation sites is 1. The van der Waals surface area contributed by atoms with E-state index in [0.29, 0.717) is 5.13 Å². The van der Waals surface area contributed by atoms with Gasteiger partial charge in [-0.1, -0.05) is 35.9 Å². The van der Waals surface area contributed by atoms with Crippen LogP contribution in [0.15, 0.2) is 60.1 Å². The monoisotopic (exact) mass is 450 g/mol. The van der Waals surface area contributed by atoms with Gasteiger partial charge in [-0.05, 0) is 32.0 Å². The molecule has 0 saturated heterocycles. The number of aryl methyl sites for hydroxylation is 1. The summed E-state index contributed by atoms with van der Waals surface area (Å²) in [7, 11) is 0. The zero-order valence-electron chi connectivity index (χ0n) is 17.1. The quantitative estimate of drug-likeness (QED) is 0.357. The number of nitrogens with zero attached hydrogens (tertiary/aromatic N) is 1. The summed E-state index contributed by atoms with van der Waals surface area (Å²) in [5.74, 6) is -0.113. The third kappa shape index (κ3) is 5.15. The van der Waals surface area contributed by atoms with Gasteiger partial charge in [0.25, 0.3) is 0 Å². The van der Waals surface area contributed by atoms with Crippen molar-refractivity contribution in [2.75, 3.05) is 16.4 Å². The van der Waals surface area contributed by atoms with E-state index in [0.717, 1.165) is 33.4 Å². The van der Waals surface area contributed by atoms with E-state index in [4.69, 9.17) is 0 Å². The Balaban J connectivity index is 1.31. The zero-order valence-corrected chi connectivity index (χ0v) is 18.8. The average Bonchev–Trinajstić information content (AvgIpc) is 3.40. The lowest BCUT2D eigenvalue weighted by Gasteiger charge is -2.11. The molecule has 4 aromatic rings. The van der Waals surface area contributed by atoms with Crippen molar-refractivity contribution in [1.82, 2.24) is 9.97 Å². The van der Waals surface area contributed by atoms with Crippen molar-refractivity contribution in [2.45, 2.75) is 19.1 Å². The molecule has 0 spiro atoms. The van der Waals surface area contributed by atoms with Crippen molar-refractivity contribution >= 4 is 56.6 Å². The third-order valence-electron chi connectivity index (χ3n) is 4.77. The van der Waals surface area contributed by atoms with Crippen molar-refractivity contribution in [2.24, 2.45) is 0 Å². The number of thiazole rings is 1. The van der Waals surface area contributed by atoms with E-state index >= 15 is 0 Å². The number of hydrogen-bond donors (Lipinski definition) is 3. The molecule has 0 aliphatic heterocycles. The second-order valence-corrected chi connectivity index (χ2v) is 9.33. The Labute approximate surface area is 188 Å². The van der Waals surface area contributed by atoms with Crippen molar-refractivity contribution in [3.05, 3.63) is 65.7 Å². The van der Waals surface area contributed by atoms with Gasteiger partial charge < -0.3 is 15.6 Å². The van der Waals surface area contributed by atoms with Crippen LogP contribution in [0.25, 0.3) is 22.2 Å². The number of carbonyl (C=O) groups excluding carboxylic acids is 2. The van der Waals surface area contributed by atoms with Crippen LogP contribution in [-0.2, 0) is 9.59 Å². The van der Waals surface area contributed by atoms with E-state index in [1.807, 2.05) is 67.0 Å². The van der Waals surface area contributed by atoms with Crippen LogP contribution < -0.4 is 10.6 Å². The molecule has 1 atom stereocenters. The van der Waals surface area contributed by atoms with Gasteiger partial charge in [0.1, 0.15) is 0 Å². The first kappa shape index (κ1) is 21.1. The Morgan fingerprint density at radius 3 is 2.71 bits per heavy atom. The van der Waals surface area contributed by atoms with Gasteiger partial charge in [0, 0.05) is 33.7 Å². The Kier molecular flexibility index (Phi) is 6.39. The Morgan fingerprint density at radius 2 is 1.90 bits per heavy atom. The highest BCUT2D eigenvalue weighted by Crippen LogP contribution is 2.31. The molecular weight excluding hydrogens is 428 g/mol. The summed E-state index contributed by atoms with van der Waals surface area (Å²) in [6.45, 7) is 3.78. The van der Waals surface area contributed by atoms with E-state index in [1.165, 1.54) is 23.1 Å². The summed E-state index contributed by atoms with van der Waals surface area (Å²) in [6.07, 6.45) is 1.93. The topological polar surface area (TPSA) is 86.9 Å². The SMILES string of the molecule is Cc1ccc(NC(=O)CSC(C)C(=O)Nc2nc(-c3c[nH]c4ccccc34)cs2)cc1. The highest BCUT2D eigenvalue weighted by molar-refractivity contribution is 8.01. The molecule has 4 rings (SSSR count). The number of anilines is 2. The number of aromatic nitrogens is 2. The molecule has 0 saturated carbocycles. The number of nitrogens with one attached hydrogen (secondary N) is 3. The molecular formula is C23H22N4O2S2. The molecule has 1 unspecified atom stereocenters. The van der Waals surface area contributed by atoms with Gasteiger partial charge in [0.05, 0.1) is 16.7 Å². The lowest BCUT2D eigenvalue weighted by molar-refractivity contribution is -0.115. The number of H-pyrrole nitrogens is 1. The van der Waals surface area contributed by atoms with Gasteiger partial charge >= 0.3 is 0 Å². The maximum Gasteiger partial charge on any atom is 0.239 e. The molecule has 8 heteroatoms. The summed E-state index contributed by atoms with van der Waals surface area (Å²) in [5.41, 5.74) is 4.75. The van der Waals surface area contributed by atoms with E-state index in [-0.39, 0.29) is 22.8 Å². The number of thioether (sulfide) groups is 1. The van der Waals surface area contributed by atoms with Gasteiger partial charge in [0.2, 0.25) is 11.8 Å². The molecule has 0 radical (unpaired) electrons. The van der Waals surface area contributed by atoms with Crippen LogP contribution in [0.3, 0.4) is 0 Å². The number of amides is 2. The van der Waals surface area contributed by atoms with Gasteiger partial charge in [-0.15, -0.1) is 23.1 Å². The van der Waals surface area contributed by atoms with E-state index in [9.17, 15) is 9.59 Å². The fourth-order valence-corrected chi connectivity index (χ4v) is 4.45. The highest BCUT2D eigenvalue weighted by atomic mass is 32.2. The number of rotatable bonds is 7. The van der Waals surface area contributed by atoms with Crippen molar-refractivity contribution in [1.29, 1.82) is 0 Å². The summed E-state index contributed by atoms with van der Waals surface area (Å²) < 4.78 is 0. The van der Waals surface area contributed by atoms with Crippen LogP contribution in [0.2, 0.25) is 0 Å². The average molecular weight is 451 g/mol. The number of benzene rings is 2. The van der Waals surface area contributed by atoms with Gasteiger partial charge in [-0.2, -0.15) is 0 Å². The fourth-order valence-electron chi connectivity index (χ4n) is 3.06. The van der Waals surface area contributed by atoms with E-state index < -0.39 is 0 Å². The van der Waals surface area contributed by atoms with E-state index in [1.54, 1.807) is 6.92 Å². The van der Waals surface area contributed by atoms with Crippen LogP contribution in [0.5, 0.6) is 0 Å². The maximum atomic E-state index is 12.5. The molecule has 0 aliphatic rings. The second-order valence-electron chi connectivity index (χ2n) is 7.14. The molecule has 0 bridgehead atoms. The normalized spacial score (nSPS) is 11.9. The van der Waals surface area contributed by atoms with Crippen molar-refractivity contribution in [3.63, 3.8) is 0 Å². The first-order valence-electron chi connectivity index (χ1n) is 9.80. The minimum absolute atomic E-state index is 0.135. The predicted molar refractivity (Wildman–Crippen MR) is 130 cm³/mol. The Bertz CT molecular complexity index is 1210. The molecule has 2 amide bonds. The first-order chi connectivity index (χ1) is 15.0. The minimum atomic E-state index is -0.385. The van der Waals surface area contributed by atoms with Crippen molar-refractivity contribution < 1.29 is 9.59 Å². The van der Waals surface area contributed by atoms with Gasteiger partial charge in [-0.3, -0.25) is 9.59 Å². The van der Waals surface area contributed by atoms with Crippen LogP contribution in [-0.4, -0.2) is 32.8 Å².